The van der Waals surface area contributed by atoms with Crippen LogP contribution < -0.4 is 5.32 Å². The summed E-state index contributed by atoms with van der Waals surface area (Å²) in [6.07, 6.45) is 4.86. The van der Waals surface area contributed by atoms with Crippen molar-refractivity contribution in [2.24, 2.45) is 0 Å². The van der Waals surface area contributed by atoms with Crippen LogP contribution in [-0.2, 0) is 17.7 Å². The van der Waals surface area contributed by atoms with Crippen molar-refractivity contribution in [3.8, 4) is 0 Å². The summed E-state index contributed by atoms with van der Waals surface area (Å²) in [5.41, 5.74) is 2.47. The standard InChI is InChI=1S/C11H18N4O/c1-16-9-3-2-8(6-9)15-11-4-5-12-7-10(11)13-14-15/h8-9,12H,2-7H2,1H3. The SMILES string of the molecule is COC1CCC(n2nnc3c2CCNC3)C1. The number of ether oxygens (including phenoxy) is 1. The van der Waals surface area contributed by atoms with Crippen molar-refractivity contribution in [1.29, 1.82) is 0 Å². The van der Waals surface area contributed by atoms with Crippen LogP contribution in [0.15, 0.2) is 0 Å². The monoisotopic (exact) mass is 222 g/mol. The lowest BCUT2D eigenvalue weighted by molar-refractivity contribution is 0.105. The molecule has 3 rings (SSSR count). The normalized spacial score (nSPS) is 29.3. The topological polar surface area (TPSA) is 52.0 Å². The molecule has 2 atom stereocenters. The number of rotatable bonds is 2. The second-order valence-electron chi connectivity index (χ2n) is 4.68. The first-order valence-corrected chi connectivity index (χ1v) is 6.05. The number of nitrogens with one attached hydrogen (secondary N) is 1. The van der Waals surface area contributed by atoms with E-state index in [0.717, 1.165) is 38.0 Å². The van der Waals surface area contributed by atoms with Crippen LogP contribution in [0.25, 0.3) is 0 Å². The summed E-state index contributed by atoms with van der Waals surface area (Å²) in [4.78, 5) is 0. The summed E-state index contributed by atoms with van der Waals surface area (Å²) < 4.78 is 7.56. The van der Waals surface area contributed by atoms with Gasteiger partial charge in [-0.3, -0.25) is 0 Å². The quantitative estimate of drug-likeness (QED) is 0.799. The molecule has 2 unspecified atom stereocenters. The first-order valence-electron chi connectivity index (χ1n) is 6.05. The van der Waals surface area contributed by atoms with Gasteiger partial charge in [-0.25, -0.2) is 4.68 Å². The van der Waals surface area contributed by atoms with E-state index >= 15 is 0 Å². The fourth-order valence-electron chi connectivity index (χ4n) is 2.80. The van der Waals surface area contributed by atoms with Gasteiger partial charge in [-0.2, -0.15) is 0 Å². The summed E-state index contributed by atoms with van der Waals surface area (Å²) in [6.45, 7) is 1.91. The Bertz CT molecular complexity index is 376. The number of fused-ring (bicyclic) bond motifs is 1. The Labute approximate surface area is 95.2 Å². The van der Waals surface area contributed by atoms with E-state index in [0.29, 0.717) is 12.1 Å². The van der Waals surface area contributed by atoms with Crippen LogP contribution in [0.4, 0.5) is 0 Å². The van der Waals surface area contributed by atoms with E-state index in [2.05, 4.69) is 20.3 Å². The van der Waals surface area contributed by atoms with Gasteiger partial charge in [0.2, 0.25) is 0 Å². The van der Waals surface area contributed by atoms with E-state index in [4.69, 9.17) is 4.74 Å². The van der Waals surface area contributed by atoms with Gasteiger partial charge >= 0.3 is 0 Å². The third kappa shape index (κ3) is 1.64. The van der Waals surface area contributed by atoms with Gasteiger partial charge in [0.1, 0.15) is 0 Å². The molecular weight excluding hydrogens is 204 g/mol. The van der Waals surface area contributed by atoms with Gasteiger partial charge in [0.15, 0.2) is 0 Å². The average Bonchev–Trinajstić information content (AvgIpc) is 2.94. The number of hydrogen-bond acceptors (Lipinski definition) is 4. The largest absolute Gasteiger partial charge is 0.381 e. The molecule has 0 aromatic carbocycles. The molecule has 5 heteroatoms. The van der Waals surface area contributed by atoms with E-state index < -0.39 is 0 Å². The highest BCUT2D eigenvalue weighted by Gasteiger charge is 2.29. The van der Waals surface area contributed by atoms with Crippen molar-refractivity contribution in [1.82, 2.24) is 20.3 Å². The van der Waals surface area contributed by atoms with E-state index in [1.165, 1.54) is 12.1 Å². The van der Waals surface area contributed by atoms with E-state index in [1.54, 1.807) is 7.11 Å². The van der Waals surface area contributed by atoms with Crippen LogP contribution >= 0.6 is 0 Å². The number of hydrogen-bond donors (Lipinski definition) is 1. The molecule has 0 radical (unpaired) electrons. The Hall–Kier alpha value is -0.940. The van der Waals surface area contributed by atoms with Crippen LogP contribution in [0.3, 0.4) is 0 Å². The minimum absolute atomic E-state index is 0.409. The van der Waals surface area contributed by atoms with Crippen molar-refractivity contribution in [2.75, 3.05) is 13.7 Å². The number of aromatic nitrogens is 3. The zero-order chi connectivity index (χ0) is 11.0. The zero-order valence-electron chi connectivity index (χ0n) is 9.65. The minimum Gasteiger partial charge on any atom is -0.381 e. The minimum atomic E-state index is 0.409. The van der Waals surface area contributed by atoms with E-state index in [-0.39, 0.29) is 0 Å². The Kier molecular flexibility index (Phi) is 2.65. The molecule has 2 aliphatic rings. The summed E-state index contributed by atoms with van der Waals surface area (Å²) in [5, 5.41) is 11.9. The first-order chi connectivity index (χ1) is 7.88. The van der Waals surface area contributed by atoms with Crippen molar-refractivity contribution in [3.05, 3.63) is 11.4 Å². The Balaban J connectivity index is 1.82. The van der Waals surface area contributed by atoms with Crippen LogP contribution in [0, 0.1) is 0 Å². The van der Waals surface area contributed by atoms with Gasteiger partial charge in [-0.1, -0.05) is 5.21 Å². The highest BCUT2D eigenvalue weighted by Crippen LogP contribution is 2.32. The highest BCUT2D eigenvalue weighted by molar-refractivity contribution is 5.14. The van der Waals surface area contributed by atoms with E-state index in [9.17, 15) is 0 Å². The van der Waals surface area contributed by atoms with Crippen molar-refractivity contribution < 1.29 is 4.74 Å². The van der Waals surface area contributed by atoms with Crippen molar-refractivity contribution in [3.63, 3.8) is 0 Å². The summed E-state index contributed by atoms with van der Waals surface area (Å²) in [5.74, 6) is 0. The van der Waals surface area contributed by atoms with Crippen molar-refractivity contribution >= 4 is 0 Å². The highest BCUT2D eigenvalue weighted by atomic mass is 16.5. The van der Waals surface area contributed by atoms with E-state index in [1.807, 2.05) is 0 Å². The number of methoxy groups -OCH3 is 1. The molecule has 1 aromatic heterocycles. The molecule has 1 N–H and O–H groups in total. The molecule has 5 nitrogen and oxygen atoms in total. The molecule has 1 aliphatic heterocycles. The predicted molar refractivity (Wildman–Crippen MR) is 59.1 cm³/mol. The molecule has 88 valence electrons. The van der Waals surface area contributed by atoms with Crippen molar-refractivity contribution in [2.45, 2.75) is 44.4 Å². The van der Waals surface area contributed by atoms with Crippen LogP contribution in [0.5, 0.6) is 0 Å². The lowest BCUT2D eigenvalue weighted by Gasteiger charge is -2.17. The first kappa shape index (κ1) is 10.2. The van der Waals surface area contributed by atoms with Crippen LogP contribution in [0.1, 0.15) is 36.7 Å². The summed E-state index contributed by atoms with van der Waals surface area (Å²) in [7, 11) is 1.80. The fourth-order valence-corrected chi connectivity index (χ4v) is 2.80. The van der Waals surface area contributed by atoms with Gasteiger partial charge in [0.25, 0.3) is 0 Å². The molecule has 0 spiro atoms. The average molecular weight is 222 g/mol. The summed E-state index contributed by atoms with van der Waals surface area (Å²) in [6, 6.07) is 0.499. The lowest BCUT2D eigenvalue weighted by atomic mass is 10.1. The molecule has 1 aliphatic carbocycles. The maximum absolute atomic E-state index is 5.41. The smallest absolute Gasteiger partial charge is 0.0997 e. The third-order valence-corrected chi connectivity index (χ3v) is 3.74. The van der Waals surface area contributed by atoms with Gasteiger partial charge in [0.05, 0.1) is 23.5 Å². The third-order valence-electron chi connectivity index (χ3n) is 3.74. The zero-order valence-corrected chi connectivity index (χ0v) is 9.65. The maximum atomic E-state index is 5.41. The molecule has 1 aromatic rings. The Morgan fingerprint density at radius 1 is 1.44 bits per heavy atom. The predicted octanol–water partition coefficient (Wildman–Crippen LogP) is 0.664. The Morgan fingerprint density at radius 3 is 3.19 bits per heavy atom. The molecular formula is C11H18N4O. The molecule has 1 fully saturated rings. The van der Waals surface area contributed by atoms with Gasteiger partial charge in [-0.15, -0.1) is 5.10 Å². The molecule has 0 bridgehead atoms. The number of nitrogens with zero attached hydrogens (tertiary/aromatic N) is 3. The molecule has 0 saturated heterocycles. The second kappa shape index (κ2) is 4.14. The molecule has 0 amide bonds. The fraction of sp³-hybridized carbons (Fsp3) is 0.818. The maximum Gasteiger partial charge on any atom is 0.0997 e. The van der Waals surface area contributed by atoms with Crippen LogP contribution in [-0.4, -0.2) is 34.8 Å². The molecule has 1 saturated carbocycles. The van der Waals surface area contributed by atoms with Gasteiger partial charge < -0.3 is 10.1 Å². The molecule has 16 heavy (non-hydrogen) atoms. The lowest BCUT2D eigenvalue weighted by Crippen LogP contribution is -2.26. The summed E-state index contributed by atoms with van der Waals surface area (Å²) >= 11 is 0. The molecule has 2 heterocycles. The van der Waals surface area contributed by atoms with Gasteiger partial charge in [-0.05, 0) is 19.3 Å². The van der Waals surface area contributed by atoms with Gasteiger partial charge in [0, 0.05) is 26.6 Å². The second-order valence-corrected chi connectivity index (χ2v) is 4.68. The van der Waals surface area contributed by atoms with Crippen LogP contribution in [0.2, 0.25) is 0 Å². The Morgan fingerprint density at radius 2 is 2.38 bits per heavy atom.